The Morgan fingerprint density at radius 3 is 2.81 bits per heavy atom. The van der Waals surface area contributed by atoms with E-state index in [1.807, 2.05) is 25.1 Å². The van der Waals surface area contributed by atoms with Gasteiger partial charge in [-0.25, -0.2) is 4.98 Å². The molecule has 2 heterocycles. The van der Waals surface area contributed by atoms with Crippen LogP contribution < -0.4 is 10.1 Å². The number of hydrogen-bond acceptors (Lipinski definition) is 7. The molecule has 1 saturated heterocycles. The highest BCUT2D eigenvalue weighted by Crippen LogP contribution is 2.44. The molecule has 7 heteroatoms. The summed E-state index contributed by atoms with van der Waals surface area (Å²) in [5, 5.41) is 12.7. The Morgan fingerprint density at radius 2 is 2.06 bits per heavy atom. The van der Waals surface area contributed by atoms with E-state index in [1.54, 1.807) is 0 Å². The topological polar surface area (TPSA) is 72.4 Å². The summed E-state index contributed by atoms with van der Waals surface area (Å²) in [5.74, 6) is 4.38. The van der Waals surface area contributed by atoms with Gasteiger partial charge in [0.05, 0.1) is 5.69 Å². The summed E-state index contributed by atoms with van der Waals surface area (Å²) < 4.78 is 11.3. The molecule has 2 aromatic rings. The summed E-state index contributed by atoms with van der Waals surface area (Å²) in [5.41, 5.74) is 3.38. The molecule has 3 fully saturated rings. The Kier molecular flexibility index (Phi) is 6.24. The van der Waals surface area contributed by atoms with Gasteiger partial charge in [-0.2, -0.15) is 0 Å². The Bertz CT molecular complexity index is 996. The second-order valence-corrected chi connectivity index (χ2v) is 8.96. The predicted molar refractivity (Wildman–Crippen MR) is 124 cm³/mol. The van der Waals surface area contributed by atoms with Gasteiger partial charge in [-0.1, -0.05) is 5.92 Å². The highest BCUT2D eigenvalue weighted by atomic mass is 16.7. The number of piperidine rings is 1. The van der Waals surface area contributed by atoms with Gasteiger partial charge in [-0.3, -0.25) is 4.90 Å². The summed E-state index contributed by atoms with van der Waals surface area (Å²) in [4.78, 5) is 7.55. The van der Waals surface area contributed by atoms with Crippen molar-refractivity contribution in [3.63, 3.8) is 0 Å². The molecule has 2 saturated carbocycles. The second kappa shape index (κ2) is 9.43. The van der Waals surface area contributed by atoms with Crippen LogP contribution in [0, 0.1) is 12.3 Å². The van der Waals surface area contributed by atoms with Crippen LogP contribution in [0.4, 0.5) is 5.95 Å². The number of rotatable bonds is 9. The molecule has 1 aliphatic heterocycles. The van der Waals surface area contributed by atoms with Gasteiger partial charge in [0, 0.05) is 42.3 Å². The largest absolute Gasteiger partial charge is 0.467 e. The molecule has 0 radical (unpaired) electrons. The van der Waals surface area contributed by atoms with E-state index in [-0.39, 0.29) is 6.79 Å². The van der Waals surface area contributed by atoms with Crippen molar-refractivity contribution in [1.29, 1.82) is 0 Å². The zero-order valence-corrected chi connectivity index (χ0v) is 18.7. The van der Waals surface area contributed by atoms with Crippen molar-refractivity contribution < 1.29 is 9.47 Å². The van der Waals surface area contributed by atoms with Gasteiger partial charge in [0.1, 0.15) is 11.4 Å². The van der Waals surface area contributed by atoms with Gasteiger partial charge >= 0.3 is 0 Å². The van der Waals surface area contributed by atoms with Crippen LogP contribution in [-0.2, 0) is 4.74 Å². The third kappa shape index (κ3) is 4.87. The molecule has 0 amide bonds. The van der Waals surface area contributed by atoms with Gasteiger partial charge in [-0.05, 0) is 70.2 Å². The first-order valence-electron chi connectivity index (χ1n) is 11.8. The molecule has 0 bridgehead atoms. The minimum absolute atomic E-state index is 0.163. The molecule has 1 atom stereocenters. The van der Waals surface area contributed by atoms with Crippen LogP contribution in [0.2, 0.25) is 0 Å². The van der Waals surface area contributed by atoms with Crippen molar-refractivity contribution in [2.75, 3.05) is 31.8 Å². The zero-order valence-electron chi connectivity index (χ0n) is 18.7. The first kappa shape index (κ1) is 21.2. The van der Waals surface area contributed by atoms with Gasteiger partial charge in [0.15, 0.2) is 6.79 Å². The molecule has 1 aromatic heterocycles. The smallest absolute Gasteiger partial charge is 0.243 e. The molecule has 32 heavy (non-hydrogen) atoms. The van der Waals surface area contributed by atoms with Crippen molar-refractivity contribution in [3.05, 3.63) is 29.5 Å². The quantitative estimate of drug-likeness (QED) is 0.366. The lowest BCUT2D eigenvalue weighted by Gasteiger charge is -2.33. The van der Waals surface area contributed by atoms with Crippen LogP contribution in [0.15, 0.2) is 18.2 Å². The van der Waals surface area contributed by atoms with Crippen molar-refractivity contribution >= 4 is 5.95 Å². The van der Waals surface area contributed by atoms with Crippen LogP contribution in [0.25, 0.3) is 11.3 Å². The molecule has 0 unspecified atom stereocenters. The maximum Gasteiger partial charge on any atom is 0.243 e. The number of benzene rings is 1. The number of anilines is 1. The molecule has 168 valence electrons. The first-order chi connectivity index (χ1) is 15.7. The van der Waals surface area contributed by atoms with Crippen LogP contribution in [0.5, 0.6) is 5.75 Å². The first-order valence-corrected chi connectivity index (χ1v) is 11.8. The number of aromatic nitrogens is 3. The van der Waals surface area contributed by atoms with E-state index < -0.39 is 0 Å². The Morgan fingerprint density at radius 1 is 1.19 bits per heavy atom. The van der Waals surface area contributed by atoms with E-state index in [0.29, 0.717) is 30.3 Å². The van der Waals surface area contributed by atoms with E-state index >= 15 is 0 Å². The molecule has 0 spiro atoms. The normalized spacial score (nSPS) is 21.2. The van der Waals surface area contributed by atoms with E-state index in [4.69, 9.17) is 20.9 Å². The van der Waals surface area contributed by atoms with Crippen molar-refractivity contribution in [2.24, 2.45) is 0 Å². The SMILES string of the molecule is C#Cc1ccc(-c2nnc(N[C@@H]3CCCN(C4CC4)C3)nc2C2CC2)c(OCOCC)c1. The average Bonchev–Trinajstić information content (AvgIpc) is 3.72. The van der Waals surface area contributed by atoms with E-state index in [1.165, 1.54) is 25.8 Å². The predicted octanol–water partition coefficient (Wildman–Crippen LogP) is 3.81. The Labute approximate surface area is 189 Å². The number of hydrogen-bond donors (Lipinski definition) is 1. The van der Waals surface area contributed by atoms with E-state index in [0.717, 1.165) is 54.4 Å². The fourth-order valence-corrected chi connectivity index (χ4v) is 4.43. The zero-order chi connectivity index (χ0) is 21.9. The average molecular weight is 434 g/mol. The second-order valence-electron chi connectivity index (χ2n) is 8.96. The van der Waals surface area contributed by atoms with Gasteiger partial charge < -0.3 is 14.8 Å². The standard InChI is InChI=1S/C25H31N5O2/c1-3-17-7-12-21(22(14-17)32-16-31-4-2)24-23(18-8-9-18)27-25(29-28-24)26-19-6-5-13-30(15-19)20-10-11-20/h1,7,12,14,18-20H,4-6,8-11,13,15-16H2,2H3,(H,26,27,29)/t19-/m1/s1. The van der Waals surface area contributed by atoms with Crippen LogP contribution >= 0.6 is 0 Å². The summed E-state index contributed by atoms with van der Waals surface area (Å²) in [6.45, 7) is 4.96. The van der Waals surface area contributed by atoms with Gasteiger partial charge in [0.25, 0.3) is 0 Å². The summed E-state index contributed by atoms with van der Waals surface area (Å²) >= 11 is 0. The van der Waals surface area contributed by atoms with Gasteiger partial charge in [-0.15, -0.1) is 16.6 Å². The molecule has 7 nitrogen and oxygen atoms in total. The number of nitrogens with zero attached hydrogens (tertiary/aromatic N) is 4. The molecule has 2 aliphatic carbocycles. The van der Waals surface area contributed by atoms with Crippen LogP contribution in [-0.4, -0.2) is 58.7 Å². The maximum absolute atomic E-state index is 5.89. The number of nitrogens with one attached hydrogen (secondary N) is 1. The highest BCUT2D eigenvalue weighted by Gasteiger charge is 2.34. The Hall–Kier alpha value is -2.69. The van der Waals surface area contributed by atoms with Crippen molar-refractivity contribution in [1.82, 2.24) is 20.1 Å². The molecule has 1 N–H and O–H groups in total. The summed E-state index contributed by atoms with van der Waals surface area (Å²) in [7, 11) is 0. The van der Waals surface area contributed by atoms with Gasteiger partial charge in [0.2, 0.25) is 5.95 Å². The van der Waals surface area contributed by atoms with Crippen LogP contribution in [0.1, 0.15) is 62.6 Å². The fourth-order valence-electron chi connectivity index (χ4n) is 4.43. The maximum atomic E-state index is 5.89. The minimum Gasteiger partial charge on any atom is -0.467 e. The van der Waals surface area contributed by atoms with Crippen molar-refractivity contribution in [3.8, 4) is 29.4 Å². The molecule has 3 aliphatic rings. The highest BCUT2D eigenvalue weighted by molar-refractivity contribution is 5.71. The molecular formula is C25H31N5O2. The Balaban J connectivity index is 1.39. The molecule has 1 aromatic carbocycles. The minimum atomic E-state index is 0.163. The number of likely N-dealkylation sites (tertiary alicyclic amines) is 1. The molecular weight excluding hydrogens is 402 g/mol. The monoisotopic (exact) mass is 433 g/mol. The molecule has 5 rings (SSSR count). The fraction of sp³-hybridized carbons (Fsp3) is 0.560. The summed E-state index contributed by atoms with van der Waals surface area (Å²) in [6.07, 6.45) is 12.9. The lowest BCUT2D eigenvalue weighted by molar-refractivity contribution is 0.0227. The third-order valence-corrected chi connectivity index (χ3v) is 6.43. The lowest BCUT2D eigenvalue weighted by atomic mass is 10.0. The van der Waals surface area contributed by atoms with Crippen molar-refractivity contribution in [2.45, 2.75) is 63.5 Å². The number of ether oxygens (including phenoxy) is 2. The number of terminal acetylenes is 1. The van der Waals surface area contributed by atoms with E-state index in [2.05, 4.69) is 26.3 Å². The third-order valence-electron chi connectivity index (χ3n) is 6.43. The lowest BCUT2D eigenvalue weighted by Crippen LogP contribution is -2.43. The van der Waals surface area contributed by atoms with E-state index in [9.17, 15) is 0 Å². The van der Waals surface area contributed by atoms with Crippen LogP contribution in [0.3, 0.4) is 0 Å². The summed E-state index contributed by atoms with van der Waals surface area (Å²) in [6, 6.07) is 6.89.